The van der Waals surface area contributed by atoms with Gasteiger partial charge in [0.15, 0.2) is 0 Å². The van der Waals surface area contributed by atoms with Crippen LogP contribution in [0.5, 0.6) is 0 Å². The molecule has 2 aromatic heterocycles. The highest BCUT2D eigenvalue weighted by Crippen LogP contribution is 2.23. The smallest absolute Gasteiger partial charge is 0.0964 e. The maximum atomic E-state index is 4.24. The Balaban J connectivity index is 1.27. The van der Waals surface area contributed by atoms with E-state index >= 15 is 0 Å². The molecule has 112 valence electrons. The number of nitrogens with one attached hydrogen (secondary N) is 1. The zero-order valence-electron chi connectivity index (χ0n) is 12.2. The highest BCUT2D eigenvalue weighted by Gasteiger charge is 2.20. The fourth-order valence-electron chi connectivity index (χ4n) is 2.81. The average Bonchev–Trinajstić information content (AvgIpc) is 3.04. The fourth-order valence-corrected chi connectivity index (χ4v) is 3.70. The van der Waals surface area contributed by atoms with Gasteiger partial charge in [-0.1, -0.05) is 5.21 Å². The molecule has 4 rings (SSSR count). The van der Waals surface area contributed by atoms with Crippen LogP contribution in [0.25, 0.3) is 0 Å². The van der Waals surface area contributed by atoms with E-state index in [0.29, 0.717) is 0 Å². The summed E-state index contributed by atoms with van der Waals surface area (Å²) in [7, 11) is 0. The highest BCUT2D eigenvalue weighted by atomic mass is 32.1. The Morgan fingerprint density at radius 3 is 3.19 bits per heavy atom. The second-order valence-corrected chi connectivity index (χ2v) is 7.02. The Bertz CT molecular complexity index is 601. The zero-order valence-corrected chi connectivity index (χ0v) is 13.0. The van der Waals surface area contributed by atoms with Crippen LogP contribution in [-0.4, -0.2) is 39.0 Å². The van der Waals surface area contributed by atoms with Crippen LogP contribution in [0.3, 0.4) is 0 Å². The molecule has 2 aliphatic rings. The lowest BCUT2D eigenvalue weighted by molar-refractivity contribution is 0.241. The number of hydrogen-bond donors (Lipinski definition) is 1. The van der Waals surface area contributed by atoms with Gasteiger partial charge < -0.3 is 5.32 Å². The lowest BCUT2D eigenvalue weighted by atomic mass is 10.1. The molecular weight excluding hydrogens is 282 g/mol. The van der Waals surface area contributed by atoms with Crippen molar-refractivity contribution in [2.45, 2.75) is 44.9 Å². The number of hydrogen-bond acceptors (Lipinski definition) is 5. The average molecular weight is 303 g/mol. The van der Waals surface area contributed by atoms with Crippen LogP contribution in [0.2, 0.25) is 0 Å². The first-order valence-corrected chi connectivity index (χ1v) is 8.65. The standard InChI is InChI=1S/C15H21N5S/c1-2-13(1)16-9-14-11-20(18-17-14)7-6-19-5-3-15-12(10-19)4-8-21-15/h4,8,11,13,16H,1-3,5-7,9-10H2. The van der Waals surface area contributed by atoms with Gasteiger partial charge in [-0.3, -0.25) is 9.58 Å². The molecule has 0 unspecified atom stereocenters. The topological polar surface area (TPSA) is 46.0 Å². The summed E-state index contributed by atoms with van der Waals surface area (Å²) in [5.41, 5.74) is 2.57. The molecule has 1 N–H and O–H groups in total. The molecule has 21 heavy (non-hydrogen) atoms. The van der Waals surface area contributed by atoms with E-state index in [1.165, 1.54) is 24.8 Å². The molecular formula is C15H21N5S. The van der Waals surface area contributed by atoms with E-state index in [1.54, 1.807) is 4.88 Å². The molecule has 0 atom stereocenters. The molecule has 6 heteroatoms. The van der Waals surface area contributed by atoms with Crippen molar-refractivity contribution in [1.29, 1.82) is 0 Å². The van der Waals surface area contributed by atoms with Gasteiger partial charge in [0.1, 0.15) is 0 Å². The number of fused-ring (bicyclic) bond motifs is 1. The fraction of sp³-hybridized carbons (Fsp3) is 0.600. The molecule has 0 aromatic carbocycles. The van der Waals surface area contributed by atoms with Crippen molar-refractivity contribution in [3.8, 4) is 0 Å². The molecule has 1 aliphatic heterocycles. The Morgan fingerprint density at radius 2 is 2.29 bits per heavy atom. The third-order valence-electron chi connectivity index (χ3n) is 4.27. The highest BCUT2D eigenvalue weighted by molar-refractivity contribution is 7.10. The summed E-state index contributed by atoms with van der Waals surface area (Å²) in [6.07, 6.45) is 5.90. The summed E-state index contributed by atoms with van der Waals surface area (Å²) >= 11 is 1.90. The van der Waals surface area contributed by atoms with E-state index < -0.39 is 0 Å². The Morgan fingerprint density at radius 1 is 1.33 bits per heavy atom. The SMILES string of the molecule is c1cc2c(s1)CCN(CCn1cc(CNC3CC3)nn1)C2. The lowest BCUT2D eigenvalue weighted by Gasteiger charge is -2.26. The van der Waals surface area contributed by atoms with Crippen molar-refractivity contribution in [3.63, 3.8) is 0 Å². The number of aromatic nitrogens is 3. The monoisotopic (exact) mass is 303 g/mol. The first-order valence-electron chi connectivity index (χ1n) is 7.77. The van der Waals surface area contributed by atoms with E-state index in [9.17, 15) is 0 Å². The first kappa shape index (κ1) is 13.4. The van der Waals surface area contributed by atoms with Crippen LogP contribution >= 0.6 is 11.3 Å². The molecule has 1 fully saturated rings. The summed E-state index contributed by atoms with van der Waals surface area (Å²) in [5.74, 6) is 0. The maximum absolute atomic E-state index is 4.24. The molecule has 0 amide bonds. The Kier molecular flexibility index (Phi) is 3.75. The summed E-state index contributed by atoms with van der Waals surface area (Å²) in [5, 5.41) is 14.2. The molecule has 1 saturated carbocycles. The van der Waals surface area contributed by atoms with Crippen molar-refractivity contribution >= 4 is 11.3 Å². The van der Waals surface area contributed by atoms with Crippen LogP contribution in [-0.2, 0) is 26.1 Å². The molecule has 0 radical (unpaired) electrons. The van der Waals surface area contributed by atoms with Crippen LogP contribution in [0, 0.1) is 0 Å². The van der Waals surface area contributed by atoms with Crippen LogP contribution in [0.1, 0.15) is 29.0 Å². The Labute approximate surface area is 129 Å². The van der Waals surface area contributed by atoms with Gasteiger partial charge >= 0.3 is 0 Å². The second kappa shape index (κ2) is 5.87. The summed E-state index contributed by atoms with van der Waals surface area (Å²) < 4.78 is 1.98. The Hall–Kier alpha value is -1.24. The van der Waals surface area contributed by atoms with Crippen LogP contribution in [0.15, 0.2) is 17.6 Å². The van der Waals surface area contributed by atoms with Gasteiger partial charge in [-0.25, -0.2) is 0 Å². The molecule has 1 aliphatic carbocycles. The van der Waals surface area contributed by atoms with Gasteiger partial charge in [-0.05, 0) is 36.3 Å². The van der Waals surface area contributed by atoms with E-state index in [0.717, 1.165) is 44.5 Å². The second-order valence-electron chi connectivity index (χ2n) is 6.02. The van der Waals surface area contributed by atoms with Gasteiger partial charge in [0, 0.05) is 43.3 Å². The minimum atomic E-state index is 0.725. The third-order valence-corrected chi connectivity index (χ3v) is 5.29. The zero-order chi connectivity index (χ0) is 14.1. The number of rotatable bonds is 6. The molecule has 2 aromatic rings. The normalized spacial score (nSPS) is 18.9. The van der Waals surface area contributed by atoms with Crippen LogP contribution < -0.4 is 5.32 Å². The van der Waals surface area contributed by atoms with Crippen molar-refractivity contribution in [3.05, 3.63) is 33.8 Å². The van der Waals surface area contributed by atoms with E-state index in [-0.39, 0.29) is 0 Å². The first-order chi connectivity index (χ1) is 10.4. The van der Waals surface area contributed by atoms with E-state index in [2.05, 4.69) is 38.2 Å². The van der Waals surface area contributed by atoms with Crippen molar-refractivity contribution in [1.82, 2.24) is 25.2 Å². The van der Waals surface area contributed by atoms with Crippen LogP contribution in [0.4, 0.5) is 0 Å². The van der Waals surface area contributed by atoms with Crippen molar-refractivity contribution < 1.29 is 0 Å². The summed E-state index contributed by atoms with van der Waals surface area (Å²) in [6, 6.07) is 2.99. The van der Waals surface area contributed by atoms with E-state index in [4.69, 9.17) is 0 Å². The summed E-state index contributed by atoms with van der Waals surface area (Å²) in [6.45, 7) is 5.08. The predicted molar refractivity (Wildman–Crippen MR) is 83.2 cm³/mol. The van der Waals surface area contributed by atoms with Gasteiger partial charge in [0.2, 0.25) is 0 Å². The number of thiophene rings is 1. The van der Waals surface area contributed by atoms with Crippen molar-refractivity contribution in [2.24, 2.45) is 0 Å². The van der Waals surface area contributed by atoms with Gasteiger partial charge in [0.05, 0.1) is 12.2 Å². The minimum absolute atomic E-state index is 0.725. The van der Waals surface area contributed by atoms with Gasteiger partial charge in [-0.2, -0.15) is 0 Å². The molecule has 3 heterocycles. The third kappa shape index (κ3) is 3.33. The molecule has 0 bridgehead atoms. The minimum Gasteiger partial charge on any atom is -0.308 e. The predicted octanol–water partition coefficient (Wildman–Crippen LogP) is 1.65. The quantitative estimate of drug-likeness (QED) is 0.881. The molecule has 0 spiro atoms. The molecule has 0 saturated heterocycles. The van der Waals surface area contributed by atoms with Crippen molar-refractivity contribution in [2.75, 3.05) is 13.1 Å². The summed E-state index contributed by atoms with van der Waals surface area (Å²) in [4.78, 5) is 4.08. The van der Waals surface area contributed by atoms with Gasteiger partial charge in [-0.15, -0.1) is 16.4 Å². The molecule has 5 nitrogen and oxygen atoms in total. The maximum Gasteiger partial charge on any atom is 0.0964 e. The van der Waals surface area contributed by atoms with Gasteiger partial charge in [0.25, 0.3) is 0 Å². The lowest BCUT2D eigenvalue weighted by Crippen LogP contribution is -2.32. The largest absolute Gasteiger partial charge is 0.308 e. The van der Waals surface area contributed by atoms with E-state index in [1.807, 2.05) is 16.0 Å². The number of nitrogens with zero attached hydrogens (tertiary/aromatic N) is 4.